The minimum Gasteiger partial charge on any atom is -0.493 e. The summed E-state index contributed by atoms with van der Waals surface area (Å²) in [5.74, 6) is -0.363. The molecule has 0 aliphatic heterocycles. The summed E-state index contributed by atoms with van der Waals surface area (Å²) in [4.78, 5) is 44.4. The Hall–Kier alpha value is -5.34. The van der Waals surface area contributed by atoms with E-state index in [1.807, 2.05) is 73.7 Å². The number of aryl methyl sites for hydroxylation is 2. The number of hydrogen-bond donors (Lipinski definition) is 2. The molecule has 8 heteroatoms. The maximum absolute atomic E-state index is 14.1. The smallest absolute Gasteiger partial charge is 0.303 e. The Morgan fingerprint density at radius 1 is 0.804 bits per heavy atom. The van der Waals surface area contributed by atoms with Crippen LogP contribution < -0.4 is 10.5 Å². The number of oxazole rings is 1. The van der Waals surface area contributed by atoms with Gasteiger partial charge in [-0.1, -0.05) is 84.9 Å². The van der Waals surface area contributed by atoms with Gasteiger partial charge >= 0.3 is 5.97 Å². The summed E-state index contributed by atoms with van der Waals surface area (Å²) in [5, 5.41) is 9.45. The van der Waals surface area contributed by atoms with Crippen molar-refractivity contribution in [1.29, 1.82) is 0 Å². The molecule has 1 aromatic heterocycles. The maximum atomic E-state index is 14.1. The van der Waals surface area contributed by atoms with Crippen molar-refractivity contribution in [2.45, 2.75) is 44.6 Å². The molecule has 0 bridgehead atoms. The summed E-state index contributed by atoms with van der Waals surface area (Å²) in [6.07, 6.45) is 0.193. The van der Waals surface area contributed by atoms with E-state index < -0.39 is 23.1 Å². The first-order valence-electron chi connectivity index (χ1n) is 15.2. The van der Waals surface area contributed by atoms with Crippen LogP contribution in [0.15, 0.2) is 114 Å². The molecule has 0 spiro atoms. The number of nitrogens with zero attached hydrogens (tertiary/aromatic N) is 1. The van der Waals surface area contributed by atoms with E-state index in [0.717, 1.165) is 11.3 Å². The molecule has 1 heterocycles. The number of carbonyl (C=O) groups is 3. The number of aromatic nitrogens is 1. The number of nitrogens with two attached hydrogens (primary N) is 1. The number of ether oxygens (including phenoxy) is 1. The first-order chi connectivity index (χ1) is 22.2. The van der Waals surface area contributed by atoms with E-state index in [-0.39, 0.29) is 37.9 Å². The van der Waals surface area contributed by atoms with E-state index >= 15 is 0 Å². The zero-order valence-electron chi connectivity index (χ0n) is 25.6. The van der Waals surface area contributed by atoms with Gasteiger partial charge in [0.1, 0.15) is 11.5 Å². The third kappa shape index (κ3) is 7.65. The van der Waals surface area contributed by atoms with E-state index in [1.165, 1.54) is 0 Å². The second-order valence-electron chi connectivity index (χ2n) is 11.2. The second-order valence-corrected chi connectivity index (χ2v) is 11.2. The van der Waals surface area contributed by atoms with Crippen molar-refractivity contribution in [2.24, 2.45) is 5.73 Å². The average molecular weight is 617 g/mol. The molecule has 5 aromatic rings. The Kier molecular flexibility index (Phi) is 10.2. The fraction of sp³-hybridized carbons (Fsp3) is 0.211. The Labute approximate surface area is 267 Å². The molecule has 4 aromatic carbocycles. The highest BCUT2D eigenvalue weighted by Crippen LogP contribution is 2.32. The lowest BCUT2D eigenvalue weighted by Gasteiger charge is -2.30. The van der Waals surface area contributed by atoms with Gasteiger partial charge in [0.2, 0.25) is 5.89 Å². The van der Waals surface area contributed by atoms with Gasteiger partial charge < -0.3 is 20.0 Å². The van der Waals surface area contributed by atoms with Gasteiger partial charge in [0.25, 0.3) is 0 Å². The molecule has 0 aliphatic carbocycles. The van der Waals surface area contributed by atoms with E-state index in [1.54, 1.807) is 42.5 Å². The monoisotopic (exact) mass is 616 g/mol. The van der Waals surface area contributed by atoms with Crippen LogP contribution in [-0.4, -0.2) is 34.2 Å². The number of benzene rings is 4. The first-order valence-corrected chi connectivity index (χ1v) is 15.2. The molecule has 0 aliphatic rings. The molecule has 5 rings (SSSR count). The zero-order chi connectivity index (χ0) is 32.5. The maximum Gasteiger partial charge on any atom is 0.303 e. The quantitative estimate of drug-likeness (QED) is 0.136. The number of carbonyl (C=O) groups excluding carboxylic acids is 2. The summed E-state index contributed by atoms with van der Waals surface area (Å²) >= 11 is 0. The molecule has 0 amide bonds. The van der Waals surface area contributed by atoms with Crippen LogP contribution in [-0.2, 0) is 45.6 Å². The lowest BCUT2D eigenvalue weighted by atomic mass is 9.76. The summed E-state index contributed by atoms with van der Waals surface area (Å²) in [6.45, 7) is 2.09. The van der Waals surface area contributed by atoms with Crippen molar-refractivity contribution in [3.63, 3.8) is 0 Å². The average Bonchev–Trinajstić information content (AvgIpc) is 3.44. The summed E-state index contributed by atoms with van der Waals surface area (Å²) in [7, 11) is 0. The molecule has 234 valence electrons. The Balaban J connectivity index is 1.45. The standard InChI is InChI=1S/C38H36N2O6/c1-26-33(40-37(46-26)30-15-9-4-10-16-30)21-22-45-31-19-17-29(18-20-36(43)44)32(25-31)38(39,34(41)23-27-11-5-2-6-12-27)35(42)24-28-13-7-3-8-14-28/h2-17,19,25H,18,20-24,39H2,1H3,(H,43,44). The highest BCUT2D eigenvalue weighted by molar-refractivity contribution is 6.13. The molecule has 46 heavy (non-hydrogen) atoms. The van der Waals surface area contributed by atoms with Crippen molar-refractivity contribution < 1.29 is 28.6 Å². The van der Waals surface area contributed by atoms with Gasteiger partial charge in [0, 0.05) is 31.2 Å². The highest BCUT2D eigenvalue weighted by atomic mass is 16.5. The van der Waals surface area contributed by atoms with Crippen LogP contribution in [0.2, 0.25) is 0 Å². The molecule has 0 atom stereocenters. The molecule has 0 fully saturated rings. The van der Waals surface area contributed by atoms with Crippen molar-refractivity contribution >= 4 is 17.5 Å². The topological polar surface area (TPSA) is 133 Å². The number of rotatable bonds is 15. The fourth-order valence-electron chi connectivity index (χ4n) is 5.40. The van der Waals surface area contributed by atoms with Gasteiger partial charge in [-0.3, -0.25) is 14.4 Å². The van der Waals surface area contributed by atoms with Crippen molar-refractivity contribution in [3.05, 3.63) is 143 Å². The number of Topliss-reactive ketones (excluding diaryl/α,β-unsaturated/α-hetero) is 2. The van der Waals surface area contributed by atoms with Crippen LogP contribution in [0.25, 0.3) is 11.5 Å². The van der Waals surface area contributed by atoms with Gasteiger partial charge in [-0.25, -0.2) is 4.98 Å². The SMILES string of the molecule is Cc1oc(-c2ccccc2)nc1CCOc1ccc(CCC(=O)O)c(C(N)(C(=O)Cc2ccccc2)C(=O)Cc2ccccc2)c1. The lowest BCUT2D eigenvalue weighted by Crippen LogP contribution is -2.54. The van der Waals surface area contributed by atoms with Crippen molar-refractivity contribution in [2.75, 3.05) is 6.61 Å². The van der Waals surface area contributed by atoms with Gasteiger partial charge in [-0.2, -0.15) is 0 Å². The fourth-order valence-corrected chi connectivity index (χ4v) is 5.40. The largest absolute Gasteiger partial charge is 0.493 e. The van der Waals surface area contributed by atoms with Crippen LogP contribution in [0.1, 0.15) is 40.1 Å². The molecule has 0 saturated heterocycles. The van der Waals surface area contributed by atoms with E-state index in [4.69, 9.17) is 14.9 Å². The minimum atomic E-state index is -2.05. The molecular formula is C38H36N2O6. The lowest BCUT2D eigenvalue weighted by molar-refractivity contribution is -0.137. The predicted octanol–water partition coefficient (Wildman–Crippen LogP) is 6.07. The van der Waals surface area contributed by atoms with Crippen LogP contribution in [0.4, 0.5) is 0 Å². The van der Waals surface area contributed by atoms with Crippen LogP contribution >= 0.6 is 0 Å². The predicted molar refractivity (Wildman–Crippen MR) is 174 cm³/mol. The van der Waals surface area contributed by atoms with E-state index in [0.29, 0.717) is 40.5 Å². The minimum absolute atomic E-state index is 0.0729. The molecule has 0 saturated carbocycles. The number of carboxylic acids is 1. The summed E-state index contributed by atoms with van der Waals surface area (Å²) in [5.41, 5.74) is 8.70. The van der Waals surface area contributed by atoms with Crippen molar-refractivity contribution in [3.8, 4) is 17.2 Å². The Bertz CT molecular complexity index is 1750. The Morgan fingerprint density at radius 2 is 1.37 bits per heavy atom. The van der Waals surface area contributed by atoms with Gasteiger partial charge in [0.15, 0.2) is 17.1 Å². The molecule has 3 N–H and O–H groups in total. The first kappa shape index (κ1) is 32.1. The van der Waals surface area contributed by atoms with Gasteiger partial charge in [-0.15, -0.1) is 0 Å². The van der Waals surface area contributed by atoms with Crippen LogP contribution in [0.3, 0.4) is 0 Å². The van der Waals surface area contributed by atoms with Crippen molar-refractivity contribution in [1.82, 2.24) is 4.98 Å². The normalized spacial score (nSPS) is 11.3. The summed E-state index contributed by atoms with van der Waals surface area (Å²) in [6, 6.07) is 32.8. The van der Waals surface area contributed by atoms with E-state index in [2.05, 4.69) is 4.98 Å². The van der Waals surface area contributed by atoms with Gasteiger partial charge in [-0.05, 0) is 59.9 Å². The summed E-state index contributed by atoms with van der Waals surface area (Å²) < 4.78 is 12.0. The second kappa shape index (κ2) is 14.6. The van der Waals surface area contributed by atoms with E-state index in [9.17, 15) is 19.5 Å². The zero-order valence-corrected chi connectivity index (χ0v) is 25.6. The number of aliphatic carboxylic acids is 1. The Morgan fingerprint density at radius 3 is 1.93 bits per heavy atom. The number of hydrogen-bond acceptors (Lipinski definition) is 7. The molecule has 0 radical (unpaired) electrons. The highest BCUT2D eigenvalue weighted by Gasteiger charge is 2.44. The van der Waals surface area contributed by atoms with Gasteiger partial charge in [0.05, 0.1) is 12.3 Å². The van der Waals surface area contributed by atoms with Crippen LogP contribution in [0, 0.1) is 6.92 Å². The third-order valence-electron chi connectivity index (χ3n) is 7.93. The number of carboxylic acid groups (broad SMARTS) is 1. The third-order valence-corrected chi connectivity index (χ3v) is 7.93. The molecular weight excluding hydrogens is 580 g/mol. The van der Waals surface area contributed by atoms with Crippen LogP contribution in [0.5, 0.6) is 5.75 Å². The molecule has 0 unspecified atom stereocenters. The molecule has 8 nitrogen and oxygen atoms in total. The number of ketones is 2.